The molecule has 0 bridgehead atoms. The fourth-order valence-corrected chi connectivity index (χ4v) is 5.41. The first-order chi connectivity index (χ1) is 14.3. The van der Waals surface area contributed by atoms with E-state index in [0.29, 0.717) is 30.2 Å². The second kappa shape index (κ2) is 10.0. The number of nitrogens with zero attached hydrogens (tertiary/aromatic N) is 2. The summed E-state index contributed by atoms with van der Waals surface area (Å²) in [6.45, 7) is 1.84. The van der Waals surface area contributed by atoms with Crippen LogP contribution in [0.15, 0.2) is 53.4 Å². The van der Waals surface area contributed by atoms with Crippen molar-refractivity contribution in [2.24, 2.45) is 0 Å². The zero-order valence-electron chi connectivity index (χ0n) is 17.3. The molecule has 30 heavy (non-hydrogen) atoms. The van der Waals surface area contributed by atoms with Gasteiger partial charge < -0.3 is 10.2 Å². The smallest absolute Gasteiger partial charge is 0.243 e. The second-order valence-corrected chi connectivity index (χ2v) is 10.0. The summed E-state index contributed by atoms with van der Waals surface area (Å²) in [5.41, 5.74) is 1.49. The lowest BCUT2D eigenvalue weighted by Crippen LogP contribution is -2.34. The van der Waals surface area contributed by atoms with E-state index in [4.69, 9.17) is 11.6 Å². The summed E-state index contributed by atoms with van der Waals surface area (Å²) >= 11 is 6.33. The van der Waals surface area contributed by atoms with Gasteiger partial charge in [-0.15, -0.1) is 0 Å². The molecule has 0 aromatic heterocycles. The number of carbonyl (C=O) groups is 1. The molecule has 2 aromatic rings. The highest BCUT2D eigenvalue weighted by molar-refractivity contribution is 7.89. The van der Waals surface area contributed by atoms with E-state index < -0.39 is 10.0 Å². The Balaban J connectivity index is 1.60. The van der Waals surface area contributed by atoms with Crippen LogP contribution in [0, 0.1) is 0 Å². The Morgan fingerprint density at radius 2 is 1.73 bits per heavy atom. The highest BCUT2D eigenvalue weighted by atomic mass is 35.5. The van der Waals surface area contributed by atoms with E-state index >= 15 is 0 Å². The van der Waals surface area contributed by atoms with E-state index in [2.05, 4.69) is 10.2 Å². The average Bonchev–Trinajstić information content (AvgIpc) is 3.27. The Morgan fingerprint density at radius 3 is 2.33 bits per heavy atom. The molecule has 1 aliphatic rings. The minimum Gasteiger partial charge on any atom is -0.308 e. The number of benzene rings is 2. The summed E-state index contributed by atoms with van der Waals surface area (Å²) in [6, 6.07) is 13.9. The quantitative estimate of drug-likeness (QED) is 0.595. The van der Waals surface area contributed by atoms with Crippen LogP contribution in [-0.2, 0) is 10.0 Å². The van der Waals surface area contributed by atoms with Crippen LogP contribution in [-0.4, -0.2) is 63.7 Å². The number of sulfonamides is 1. The van der Waals surface area contributed by atoms with Crippen LogP contribution in [0.5, 0.6) is 0 Å². The molecule has 3 rings (SSSR count). The maximum absolute atomic E-state index is 12.6. The van der Waals surface area contributed by atoms with Crippen molar-refractivity contribution in [3.05, 3.63) is 64.7 Å². The van der Waals surface area contributed by atoms with Crippen molar-refractivity contribution in [3.63, 3.8) is 0 Å². The number of hydrogen-bond donors (Lipinski definition) is 1. The van der Waals surface area contributed by atoms with Gasteiger partial charge in [0.2, 0.25) is 10.0 Å². The summed E-state index contributed by atoms with van der Waals surface area (Å²) in [5.74, 6) is -0.0863. The molecule has 1 unspecified atom stereocenters. The number of halogens is 1. The molecule has 0 amide bonds. The van der Waals surface area contributed by atoms with Gasteiger partial charge in [-0.3, -0.25) is 4.79 Å². The highest BCUT2D eigenvalue weighted by Gasteiger charge is 2.27. The van der Waals surface area contributed by atoms with Crippen LogP contribution in [0.3, 0.4) is 0 Å². The molecule has 1 fully saturated rings. The summed E-state index contributed by atoms with van der Waals surface area (Å²) in [5, 5.41) is 3.90. The third-order valence-electron chi connectivity index (χ3n) is 5.39. The van der Waals surface area contributed by atoms with Crippen molar-refractivity contribution in [3.8, 4) is 0 Å². The molecule has 0 spiro atoms. The monoisotopic (exact) mass is 449 g/mol. The standard InChI is InChI=1S/C22H28ClN3O3S/c1-25(2)21(19-7-3-4-8-20(19)23)15-24-16-22(27)17-9-11-18(12-10-17)30(28,29)26-13-5-6-14-26/h3-4,7-12,21,24H,5-6,13-16H2,1-2H3. The average molecular weight is 450 g/mol. The number of nitrogens with one attached hydrogen (secondary N) is 1. The topological polar surface area (TPSA) is 69.7 Å². The molecule has 0 aliphatic carbocycles. The van der Waals surface area contributed by atoms with Gasteiger partial charge in [-0.2, -0.15) is 4.31 Å². The highest BCUT2D eigenvalue weighted by Crippen LogP contribution is 2.25. The van der Waals surface area contributed by atoms with Crippen molar-refractivity contribution in [2.45, 2.75) is 23.8 Å². The first-order valence-electron chi connectivity index (χ1n) is 10.1. The molecule has 0 radical (unpaired) electrons. The van der Waals surface area contributed by atoms with E-state index in [-0.39, 0.29) is 23.3 Å². The van der Waals surface area contributed by atoms with Gasteiger partial charge in [0.1, 0.15) is 0 Å². The van der Waals surface area contributed by atoms with E-state index in [9.17, 15) is 13.2 Å². The van der Waals surface area contributed by atoms with Crippen LogP contribution < -0.4 is 5.32 Å². The van der Waals surface area contributed by atoms with E-state index in [0.717, 1.165) is 18.4 Å². The van der Waals surface area contributed by atoms with Crippen molar-refractivity contribution >= 4 is 27.4 Å². The van der Waals surface area contributed by atoms with Gasteiger partial charge in [-0.25, -0.2) is 8.42 Å². The molecule has 1 atom stereocenters. The minimum absolute atomic E-state index is 0.0273. The molecule has 2 aromatic carbocycles. The van der Waals surface area contributed by atoms with E-state index in [1.165, 1.54) is 16.4 Å². The molecule has 1 heterocycles. The zero-order valence-corrected chi connectivity index (χ0v) is 18.9. The van der Waals surface area contributed by atoms with Crippen LogP contribution in [0.25, 0.3) is 0 Å². The molecule has 1 aliphatic heterocycles. The number of likely N-dealkylation sites (N-methyl/N-ethyl adjacent to an activating group) is 1. The first-order valence-corrected chi connectivity index (χ1v) is 11.9. The SMILES string of the molecule is CN(C)C(CNCC(=O)c1ccc(S(=O)(=O)N2CCCC2)cc1)c1ccccc1Cl. The van der Waals surface area contributed by atoms with Gasteiger partial charge in [0.05, 0.1) is 11.4 Å². The van der Waals surface area contributed by atoms with Gasteiger partial charge in [0.15, 0.2) is 5.78 Å². The molecule has 6 nitrogen and oxygen atoms in total. The van der Waals surface area contributed by atoms with Crippen molar-refractivity contribution < 1.29 is 13.2 Å². The second-order valence-electron chi connectivity index (χ2n) is 7.69. The van der Waals surface area contributed by atoms with Gasteiger partial charge in [0, 0.05) is 36.3 Å². The normalized spacial score (nSPS) is 16.1. The Bertz CT molecular complexity index is 971. The van der Waals surface area contributed by atoms with Crippen LogP contribution >= 0.6 is 11.6 Å². The third kappa shape index (κ3) is 5.28. The Kier molecular flexibility index (Phi) is 7.65. The van der Waals surface area contributed by atoms with Crippen LogP contribution in [0.2, 0.25) is 5.02 Å². The van der Waals surface area contributed by atoms with Gasteiger partial charge in [-0.1, -0.05) is 41.9 Å². The molecule has 8 heteroatoms. The van der Waals surface area contributed by atoms with E-state index in [1.807, 2.05) is 38.4 Å². The summed E-state index contributed by atoms with van der Waals surface area (Å²) in [7, 11) is 0.473. The lowest BCUT2D eigenvalue weighted by molar-refractivity contribution is 0.0988. The summed E-state index contributed by atoms with van der Waals surface area (Å²) in [6.07, 6.45) is 1.78. The maximum Gasteiger partial charge on any atom is 0.243 e. The molecular formula is C22H28ClN3O3S. The predicted octanol–water partition coefficient (Wildman–Crippen LogP) is 3.20. The van der Waals surface area contributed by atoms with Crippen molar-refractivity contribution in [2.75, 3.05) is 40.3 Å². The summed E-state index contributed by atoms with van der Waals surface area (Å²) in [4.78, 5) is 14.8. The predicted molar refractivity (Wildman–Crippen MR) is 120 cm³/mol. The zero-order chi connectivity index (χ0) is 21.7. The number of hydrogen-bond acceptors (Lipinski definition) is 5. The molecule has 162 valence electrons. The number of ketones is 1. The van der Waals surface area contributed by atoms with Gasteiger partial charge in [-0.05, 0) is 50.7 Å². The fraction of sp³-hybridized carbons (Fsp3) is 0.409. The Labute approximate surface area is 183 Å². The lowest BCUT2D eigenvalue weighted by atomic mass is 10.1. The number of carbonyl (C=O) groups excluding carboxylic acids is 1. The van der Waals surface area contributed by atoms with Gasteiger partial charge in [0.25, 0.3) is 0 Å². The van der Waals surface area contributed by atoms with E-state index in [1.54, 1.807) is 12.1 Å². The minimum atomic E-state index is -3.47. The maximum atomic E-state index is 12.6. The number of rotatable bonds is 9. The third-order valence-corrected chi connectivity index (χ3v) is 7.65. The lowest BCUT2D eigenvalue weighted by Gasteiger charge is -2.26. The number of Topliss-reactive ketones (excluding diaryl/α,β-unsaturated/α-hetero) is 1. The van der Waals surface area contributed by atoms with Crippen LogP contribution in [0.4, 0.5) is 0 Å². The fourth-order valence-electron chi connectivity index (χ4n) is 3.63. The Morgan fingerprint density at radius 1 is 1.10 bits per heavy atom. The molecule has 1 N–H and O–H groups in total. The Hall–Kier alpha value is -1.77. The van der Waals surface area contributed by atoms with Crippen molar-refractivity contribution in [1.82, 2.24) is 14.5 Å². The van der Waals surface area contributed by atoms with Crippen LogP contribution in [0.1, 0.15) is 34.8 Å². The summed E-state index contributed by atoms with van der Waals surface area (Å²) < 4.78 is 26.7. The van der Waals surface area contributed by atoms with Gasteiger partial charge >= 0.3 is 0 Å². The first kappa shape index (κ1) is 22.9. The van der Waals surface area contributed by atoms with Crippen molar-refractivity contribution in [1.29, 1.82) is 0 Å². The largest absolute Gasteiger partial charge is 0.308 e. The molecule has 0 saturated carbocycles. The molecular weight excluding hydrogens is 422 g/mol. The molecule has 1 saturated heterocycles.